The van der Waals surface area contributed by atoms with Crippen LogP contribution in [0.4, 0.5) is 0 Å². The van der Waals surface area contributed by atoms with Crippen molar-refractivity contribution >= 4 is 11.0 Å². The van der Waals surface area contributed by atoms with Crippen molar-refractivity contribution in [2.45, 2.75) is 39.8 Å². The molecule has 0 radical (unpaired) electrons. The zero-order chi connectivity index (χ0) is 22.8. The first-order valence-corrected chi connectivity index (χ1v) is 11.2. The molecule has 5 rings (SSSR count). The van der Waals surface area contributed by atoms with Crippen LogP contribution in [0.5, 0.6) is 5.75 Å². The van der Waals surface area contributed by atoms with E-state index in [1.165, 1.54) is 27.9 Å². The standard InChI is InChI=1S/C28H28N2O3/c1-19-8-7-11-23(14-19)16-30-21(3)20(2)27-28(30)24(12-13-29-27)33-25(26-17-31-18-32-26)15-22-9-5-4-6-10-22/h4-14,17,25H,15-16,18H2,1-3H3. The van der Waals surface area contributed by atoms with Gasteiger partial charge in [-0.1, -0.05) is 60.2 Å². The van der Waals surface area contributed by atoms with Gasteiger partial charge in [0.25, 0.3) is 0 Å². The summed E-state index contributed by atoms with van der Waals surface area (Å²) in [4.78, 5) is 4.70. The molecule has 3 heterocycles. The van der Waals surface area contributed by atoms with Crippen LogP contribution in [0.3, 0.4) is 0 Å². The first-order valence-electron chi connectivity index (χ1n) is 11.2. The van der Waals surface area contributed by atoms with Gasteiger partial charge in [-0.15, -0.1) is 0 Å². The van der Waals surface area contributed by atoms with Gasteiger partial charge in [0, 0.05) is 30.9 Å². The van der Waals surface area contributed by atoms with Crippen LogP contribution in [0.2, 0.25) is 0 Å². The topological polar surface area (TPSA) is 45.5 Å². The number of fused-ring (bicyclic) bond motifs is 1. The Bertz CT molecular complexity index is 1310. The van der Waals surface area contributed by atoms with E-state index < -0.39 is 0 Å². The highest BCUT2D eigenvalue weighted by molar-refractivity contribution is 5.86. The molecule has 0 saturated heterocycles. The molecule has 168 valence electrons. The Morgan fingerprint density at radius 1 is 1.00 bits per heavy atom. The third-order valence-electron chi connectivity index (χ3n) is 6.23. The summed E-state index contributed by atoms with van der Waals surface area (Å²) in [5.74, 6) is 1.50. The maximum Gasteiger partial charge on any atom is 0.230 e. The molecule has 0 N–H and O–H groups in total. The Morgan fingerprint density at radius 3 is 2.58 bits per heavy atom. The molecular formula is C28H28N2O3. The second-order valence-electron chi connectivity index (χ2n) is 8.54. The number of nitrogens with zero attached hydrogens (tertiary/aromatic N) is 2. The van der Waals surface area contributed by atoms with Gasteiger partial charge in [-0.05, 0) is 37.5 Å². The molecule has 1 unspecified atom stereocenters. The molecule has 5 heteroatoms. The van der Waals surface area contributed by atoms with Crippen LogP contribution in [0, 0.1) is 20.8 Å². The van der Waals surface area contributed by atoms with Gasteiger partial charge in [0.2, 0.25) is 6.79 Å². The summed E-state index contributed by atoms with van der Waals surface area (Å²) in [6.45, 7) is 7.37. The number of aryl methyl sites for hydroxylation is 2. The fraction of sp³-hybridized carbons (Fsp3) is 0.250. The summed E-state index contributed by atoms with van der Waals surface area (Å²) >= 11 is 0. The zero-order valence-electron chi connectivity index (χ0n) is 19.2. The van der Waals surface area contributed by atoms with E-state index in [0.717, 1.165) is 23.3 Å². The van der Waals surface area contributed by atoms with Crippen LogP contribution in [-0.2, 0) is 22.4 Å². The summed E-state index contributed by atoms with van der Waals surface area (Å²) in [7, 11) is 0. The molecule has 0 spiro atoms. The van der Waals surface area contributed by atoms with Crippen molar-refractivity contribution in [3.05, 3.63) is 107 Å². The Labute approximate surface area is 194 Å². The van der Waals surface area contributed by atoms with Crippen LogP contribution >= 0.6 is 0 Å². The van der Waals surface area contributed by atoms with Gasteiger partial charge in [0.1, 0.15) is 17.5 Å². The maximum absolute atomic E-state index is 6.65. The van der Waals surface area contributed by atoms with E-state index in [0.29, 0.717) is 12.2 Å². The lowest BCUT2D eigenvalue weighted by atomic mass is 10.1. The van der Waals surface area contributed by atoms with Crippen molar-refractivity contribution < 1.29 is 14.2 Å². The minimum atomic E-state index is -0.302. The molecular weight excluding hydrogens is 412 g/mol. The van der Waals surface area contributed by atoms with Gasteiger partial charge in [0.05, 0.1) is 5.52 Å². The van der Waals surface area contributed by atoms with Gasteiger partial charge in [0.15, 0.2) is 11.9 Å². The highest BCUT2D eigenvalue weighted by Crippen LogP contribution is 2.33. The first kappa shape index (κ1) is 21.1. The Balaban J connectivity index is 1.56. The average molecular weight is 441 g/mol. The number of benzene rings is 2. The first-order chi connectivity index (χ1) is 16.1. The Hall–Kier alpha value is -3.73. The molecule has 33 heavy (non-hydrogen) atoms. The Kier molecular flexibility index (Phi) is 5.78. The molecule has 5 nitrogen and oxygen atoms in total. The molecule has 1 aliphatic rings. The molecule has 4 aromatic rings. The molecule has 0 aliphatic carbocycles. The summed E-state index contributed by atoms with van der Waals surface area (Å²) in [6.07, 6.45) is 3.86. The molecule has 0 amide bonds. The molecule has 2 aromatic heterocycles. The van der Waals surface area contributed by atoms with E-state index in [9.17, 15) is 0 Å². The second-order valence-corrected chi connectivity index (χ2v) is 8.54. The smallest absolute Gasteiger partial charge is 0.230 e. The third kappa shape index (κ3) is 4.31. The Morgan fingerprint density at radius 2 is 1.82 bits per heavy atom. The third-order valence-corrected chi connectivity index (χ3v) is 6.23. The van der Waals surface area contributed by atoms with E-state index in [1.807, 2.05) is 30.5 Å². The van der Waals surface area contributed by atoms with Gasteiger partial charge < -0.3 is 18.8 Å². The minimum absolute atomic E-state index is 0.220. The summed E-state index contributed by atoms with van der Waals surface area (Å²) < 4.78 is 20.0. The predicted molar refractivity (Wildman–Crippen MR) is 129 cm³/mol. The van der Waals surface area contributed by atoms with Crippen molar-refractivity contribution in [1.29, 1.82) is 0 Å². The van der Waals surface area contributed by atoms with Gasteiger partial charge in [-0.2, -0.15) is 0 Å². The second kappa shape index (κ2) is 9.02. The lowest BCUT2D eigenvalue weighted by molar-refractivity contribution is 0.0559. The van der Waals surface area contributed by atoms with Crippen LogP contribution in [-0.4, -0.2) is 22.4 Å². The molecule has 2 aromatic carbocycles. The van der Waals surface area contributed by atoms with Crippen molar-refractivity contribution in [3.8, 4) is 5.75 Å². The number of aromatic nitrogens is 2. The molecule has 0 fully saturated rings. The van der Waals surface area contributed by atoms with E-state index in [-0.39, 0.29) is 12.9 Å². The number of ether oxygens (including phenoxy) is 3. The molecule has 1 aliphatic heterocycles. The van der Waals surface area contributed by atoms with Gasteiger partial charge in [-0.25, -0.2) is 0 Å². The maximum atomic E-state index is 6.65. The lowest BCUT2D eigenvalue weighted by Crippen LogP contribution is -2.23. The van der Waals surface area contributed by atoms with E-state index in [4.69, 9.17) is 19.2 Å². The highest BCUT2D eigenvalue weighted by atomic mass is 16.7. The van der Waals surface area contributed by atoms with Crippen LogP contribution < -0.4 is 4.74 Å². The SMILES string of the molecule is Cc1cccc(Cn2c(C)c(C)c3nccc(OC(Cc4ccccc4)C4=COCO4)c32)c1. The number of hydrogen-bond donors (Lipinski definition) is 0. The normalized spacial score (nSPS) is 14.0. The monoisotopic (exact) mass is 440 g/mol. The fourth-order valence-corrected chi connectivity index (χ4v) is 4.40. The van der Waals surface area contributed by atoms with Gasteiger partial charge in [-0.3, -0.25) is 4.98 Å². The van der Waals surface area contributed by atoms with Crippen molar-refractivity contribution in [2.24, 2.45) is 0 Å². The number of hydrogen-bond acceptors (Lipinski definition) is 4. The number of rotatable bonds is 7. The van der Waals surface area contributed by atoms with Crippen molar-refractivity contribution in [3.63, 3.8) is 0 Å². The highest BCUT2D eigenvalue weighted by Gasteiger charge is 2.25. The van der Waals surface area contributed by atoms with E-state index in [2.05, 4.69) is 61.7 Å². The quantitative estimate of drug-likeness (QED) is 0.362. The molecule has 1 atom stereocenters. The largest absolute Gasteiger partial charge is 0.480 e. The lowest BCUT2D eigenvalue weighted by Gasteiger charge is -2.20. The van der Waals surface area contributed by atoms with Crippen molar-refractivity contribution in [2.75, 3.05) is 6.79 Å². The van der Waals surface area contributed by atoms with Gasteiger partial charge >= 0.3 is 0 Å². The van der Waals surface area contributed by atoms with E-state index in [1.54, 1.807) is 6.26 Å². The molecule has 0 saturated carbocycles. The summed E-state index contributed by atoms with van der Waals surface area (Å²) in [5.41, 5.74) is 8.01. The zero-order valence-corrected chi connectivity index (χ0v) is 19.2. The van der Waals surface area contributed by atoms with Crippen LogP contribution in [0.1, 0.15) is 27.9 Å². The average Bonchev–Trinajstić information content (AvgIpc) is 3.44. The fourth-order valence-electron chi connectivity index (χ4n) is 4.40. The van der Waals surface area contributed by atoms with E-state index >= 15 is 0 Å². The summed E-state index contributed by atoms with van der Waals surface area (Å²) in [6, 6.07) is 20.9. The van der Waals surface area contributed by atoms with Crippen molar-refractivity contribution in [1.82, 2.24) is 9.55 Å². The van der Waals surface area contributed by atoms with Crippen LogP contribution in [0.25, 0.3) is 11.0 Å². The van der Waals surface area contributed by atoms with Crippen LogP contribution in [0.15, 0.2) is 78.9 Å². The summed E-state index contributed by atoms with van der Waals surface area (Å²) in [5, 5.41) is 0. The minimum Gasteiger partial charge on any atom is -0.480 e. The number of pyridine rings is 1. The molecule has 0 bridgehead atoms. The predicted octanol–water partition coefficient (Wildman–Crippen LogP) is 5.85.